The van der Waals surface area contributed by atoms with Crippen molar-refractivity contribution < 1.29 is 33.3 Å². The summed E-state index contributed by atoms with van der Waals surface area (Å²) in [6.07, 6.45) is 1.61. The fourth-order valence-corrected chi connectivity index (χ4v) is 3.97. The predicted octanol–water partition coefficient (Wildman–Crippen LogP) is 3.79. The summed E-state index contributed by atoms with van der Waals surface area (Å²) >= 11 is 0.872. The molecule has 180 valence electrons. The summed E-state index contributed by atoms with van der Waals surface area (Å²) in [7, 11) is 2.98. The number of benzene rings is 2. The summed E-state index contributed by atoms with van der Waals surface area (Å²) in [6.45, 7) is 2.58. The van der Waals surface area contributed by atoms with E-state index in [1.807, 2.05) is 13.0 Å². The molecular weight excluding hydrogens is 460 g/mol. The van der Waals surface area contributed by atoms with E-state index in [4.69, 9.17) is 18.9 Å². The highest BCUT2D eigenvalue weighted by molar-refractivity contribution is 8.18. The van der Waals surface area contributed by atoms with E-state index in [1.165, 1.54) is 14.2 Å². The Morgan fingerprint density at radius 3 is 2.59 bits per heavy atom. The van der Waals surface area contributed by atoms with Crippen molar-refractivity contribution in [1.29, 1.82) is 0 Å². The van der Waals surface area contributed by atoms with Crippen LogP contribution >= 0.6 is 11.8 Å². The zero-order valence-electron chi connectivity index (χ0n) is 19.2. The van der Waals surface area contributed by atoms with Crippen molar-refractivity contribution in [3.63, 3.8) is 0 Å². The number of nitrogens with one attached hydrogen (secondary N) is 1. The molecule has 0 bridgehead atoms. The van der Waals surface area contributed by atoms with Crippen LogP contribution in [0.3, 0.4) is 0 Å². The minimum Gasteiger partial charge on any atom is -0.493 e. The monoisotopic (exact) mass is 486 g/mol. The predicted molar refractivity (Wildman–Crippen MR) is 129 cm³/mol. The third kappa shape index (κ3) is 6.30. The Kier molecular flexibility index (Phi) is 8.94. The van der Waals surface area contributed by atoms with Crippen LogP contribution in [-0.4, -0.2) is 62.5 Å². The van der Waals surface area contributed by atoms with Crippen LogP contribution in [0.25, 0.3) is 6.08 Å². The highest BCUT2D eigenvalue weighted by atomic mass is 32.2. The number of hydrogen-bond acceptors (Lipinski definition) is 8. The van der Waals surface area contributed by atoms with Gasteiger partial charge >= 0.3 is 0 Å². The molecule has 1 aliphatic heterocycles. The minimum atomic E-state index is -0.365. The lowest BCUT2D eigenvalue weighted by Gasteiger charge is -2.13. The summed E-state index contributed by atoms with van der Waals surface area (Å²) in [5, 5.41) is 2.43. The van der Waals surface area contributed by atoms with Crippen molar-refractivity contribution >= 4 is 40.6 Å². The van der Waals surface area contributed by atoms with Gasteiger partial charge in [-0.25, -0.2) is 0 Å². The van der Waals surface area contributed by atoms with Crippen molar-refractivity contribution in [2.75, 3.05) is 45.9 Å². The number of para-hydroxylation sites is 2. The Balaban J connectivity index is 1.65. The van der Waals surface area contributed by atoms with Gasteiger partial charge in [0.25, 0.3) is 17.1 Å². The van der Waals surface area contributed by atoms with Gasteiger partial charge in [0, 0.05) is 7.11 Å². The number of nitrogens with zero attached hydrogens (tertiary/aromatic N) is 1. The lowest BCUT2D eigenvalue weighted by molar-refractivity contribution is -0.123. The second-order valence-electron chi connectivity index (χ2n) is 7.00. The Bertz CT molecular complexity index is 1090. The van der Waals surface area contributed by atoms with Gasteiger partial charge in [0.2, 0.25) is 0 Å². The molecule has 3 rings (SSSR count). The molecule has 1 fully saturated rings. The smallest absolute Gasteiger partial charge is 0.293 e. The van der Waals surface area contributed by atoms with E-state index in [9.17, 15) is 14.4 Å². The number of hydrogen-bond donors (Lipinski definition) is 1. The van der Waals surface area contributed by atoms with Gasteiger partial charge in [0.1, 0.15) is 5.75 Å². The first-order valence-corrected chi connectivity index (χ1v) is 11.3. The number of amides is 3. The first-order valence-electron chi connectivity index (χ1n) is 10.5. The first kappa shape index (κ1) is 25.1. The van der Waals surface area contributed by atoms with Gasteiger partial charge in [0.15, 0.2) is 18.1 Å². The van der Waals surface area contributed by atoms with Gasteiger partial charge in [0.05, 0.1) is 37.5 Å². The second kappa shape index (κ2) is 12.1. The molecule has 1 saturated heterocycles. The zero-order valence-corrected chi connectivity index (χ0v) is 20.0. The number of rotatable bonds is 11. The molecule has 0 unspecified atom stereocenters. The molecule has 3 amide bonds. The lowest BCUT2D eigenvalue weighted by atomic mass is 10.2. The Hall–Kier alpha value is -3.50. The van der Waals surface area contributed by atoms with Crippen LogP contribution in [-0.2, 0) is 14.3 Å². The molecule has 0 radical (unpaired) electrons. The van der Waals surface area contributed by atoms with Crippen molar-refractivity contribution in [1.82, 2.24) is 4.90 Å². The number of anilines is 1. The van der Waals surface area contributed by atoms with E-state index in [-0.39, 0.29) is 36.8 Å². The Morgan fingerprint density at radius 1 is 1.06 bits per heavy atom. The highest BCUT2D eigenvalue weighted by Crippen LogP contribution is 2.34. The van der Waals surface area contributed by atoms with E-state index in [0.29, 0.717) is 40.0 Å². The van der Waals surface area contributed by atoms with Gasteiger partial charge in [-0.05, 0) is 54.6 Å². The van der Waals surface area contributed by atoms with E-state index >= 15 is 0 Å². The molecular formula is C24H26N2O7S. The maximum absolute atomic E-state index is 12.5. The molecule has 2 aromatic rings. The highest BCUT2D eigenvalue weighted by Gasteiger charge is 2.34. The fraction of sp³-hybridized carbons (Fsp3) is 0.292. The van der Waals surface area contributed by atoms with Crippen molar-refractivity contribution in [3.05, 3.63) is 52.9 Å². The van der Waals surface area contributed by atoms with Gasteiger partial charge in [-0.1, -0.05) is 18.2 Å². The summed E-state index contributed by atoms with van der Waals surface area (Å²) in [4.78, 5) is 38.4. The molecule has 0 atom stereocenters. The van der Waals surface area contributed by atoms with Crippen LogP contribution in [0, 0.1) is 0 Å². The number of carbonyl (C=O) groups is 3. The van der Waals surface area contributed by atoms with Crippen molar-refractivity contribution in [2.45, 2.75) is 6.92 Å². The van der Waals surface area contributed by atoms with Gasteiger partial charge < -0.3 is 24.3 Å². The second-order valence-corrected chi connectivity index (χ2v) is 8.00. The van der Waals surface area contributed by atoms with Gasteiger partial charge in [-0.3, -0.25) is 19.3 Å². The molecule has 10 heteroatoms. The number of carbonyl (C=O) groups excluding carboxylic acids is 3. The third-order valence-electron chi connectivity index (χ3n) is 4.70. The number of ether oxygens (including phenoxy) is 4. The summed E-state index contributed by atoms with van der Waals surface area (Å²) in [6, 6.07) is 12.2. The number of methoxy groups -OCH3 is 2. The Labute approximate surface area is 202 Å². The molecule has 9 nitrogen and oxygen atoms in total. The number of imide groups is 1. The lowest BCUT2D eigenvalue weighted by Crippen LogP contribution is -2.31. The molecule has 1 N–H and O–H groups in total. The fourth-order valence-electron chi connectivity index (χ4n) is 3.10. The average Bonchev–Trinajstić information content (AvgIpc) is 3.10. The van der Waals surface area contributed by atoms with Crippen LogP contribution < -0.4 is 19.5 Å². The number of thioether (sulfide) groups is 1. The van der Waals surface area contributed by atoms with Crippen LogP contribution in [0.2, 0.25) is 0 Å². The molecule has 0 spiro atoms. The quantitative estimate of drug-likeness (QED) is 0.479. The third-order valence-corrected chi connectivity index (χ3v) is 5.61. The maximum atomic E-state index is 12.5. The van der Waals surface area contributed by atoms with Crippen LogP contribution in [0.4, 0.5) is 10.5 Å². The molecule has 1 heterocycles. The van der Waals surface area contributed by atoms with E-state index in [1.54, 1.807) is 42.5 Å². The van der Waals surface area contributed by atoms with Gasteiger partial charge in [-0.2, -0.15) is 0 Å². The Morgan fingerprint density at radius 2 is 1.85 bits per heavy atom. The van der Waals surface area contributed by atoms with E-state index < -0.39 is 0 Å². The van der Waals surface area contributed by atoms with E-state index in [0.717, 1.165) is 16.7 Å². The maximum Gasteiger partial charge on any atom is 0.293 e. The largest absolute Gasteiger partial charge is 0.493 e. The van der Waals surface area contributed by atoms with Crippen molar-refractivity contribution in [3.8, 4) is 17.2 Å². The standard InChI is InChI=1S/C24H26N2O7S/c1-4-32-18-8-6-5-7-17(18)25-22(27)15-33-19-10-9-16(13-20(19)31-3)14-21-23(28)26(11-12-30-2)24(29)34-21/h5-10,13-14H,4,11-12,15H2,1-3H3,(H,25,27)/b21-14+. The van der Waals surface area contributed by atoms with Crippen LogP contribution in [0.1, 0.15) is 12.5 Å². The van der Waals surface area contributed by atoms with Crippen molar-refractivity contribution in [2.24, 2.45) is 0 Å². The van der Waals surface area contributed by atoms with Crippen LogP contribution in [0.15, 0.2) is 47.4 Å². The zero-order chi connectivity index (χ0) is 24.5. The molecule has 0 aliphatic carbocycles. The van der Waals surface area contributed by atoms with Crippen LogP contribution in [0.5, 0.6) is 17.2 Å². The molecule has 0 aromatic heterocycles. The van der Waals surface area contributed by atoms with E-state index in [2.05, 4.69) is 5.32 Å². The molecule has 34 heavy (non-hydrogen) atoms. The minimum absolute atomic E-state index is 0.200. The topological polar surface area (TPSA) is 103 Å². The molecule has 0 saturated carbocycles. The molecule has 2 aromatic carbocycles. The summed E-state index contributed by atoms with van der Waals surface area (Å²) < 4.78 is 21.5. The van der Waals surface area contributed by atoms with Gasteiger partial charge in [-0.15, -0.1) is 0 Å². The first-order chi connectivity index (χ1) is 16.5. The SMILES string of the molecule is CCOc1ccccc1NC(=O)COc1ccc(/C=C2/SC(=O)N(CCOC)C2=O)cc1OC. The average molecular weight is 487 g/mol. The normalized spacial score (nSPS) is 14.4. The summed E-state index contributed by atoms with van der Waals surface area (Å²) in [5.74, 6) is 0.598. The summed E-state index contributed by atoms with van der Waals surface area (Å²) in [5.41, 5.74) is 1.20. The molecule has 1 aliphatic rings.